The number of rotatable bonds is 3. The van der Waals surface area contributed by atoms with Gasteiger partial charge in [0.05, 0.1) is 0 Å². The zero-order valence-corrected chi connectivity index (χ0v) is 13.2. The molecular weight excluding hydrogens is 244 g/mol. The van der Waals surface area contributed by atoms with Crippen LogP contribution in [0, 0.1) is 12.8 Å². The van der Waals surface area contributed by atoms with Crippen LogP contribution >= 0.6 is 0 Å². The van der Waals surface area contributed by atoms with Gasteiger partial charge in [0.15, 0.2) is 0 Å². The Hall–Kier alpha value is -0.860. The highest BCUT2D eigenvalue weighted by Gasteiger charge is 2.43. The van der Waals surface area contributed by atoms with E-state index in [1.54, 1.807) is 0 Å². The van der Waals surface area contributed by atoms with Gasteiger partial charge in [0, 0.05) is 24.7 Å². The van der Waals surface area contributed by atoms with Crippen LogP contribution in [0.3, 0.4) is 0 Å². The molecule has 0 aromatic heterocycles. The lowest BCUT2D eigenvalue weighted by Crippen LogP contribution is -2.51. The molecule has 1 saturated carbocycles. The van der Waals surface area contributed by atoms with E-state index in [1.807, 2.05) is 0 Å². The smallest absolute Gasteiger partial charge is 0.0320 e. The third-order valence-electron chi connectivity index (χ3n) is 5.27. The topological polar surface area (TPSA) is 15.3 Å². The molecule has 1 aromatic rings. The van der Waals surface area contributed by atoms with Crippen LogP contribution in [0.4, 0.5) is 0 Å². The minimum atomic E-state index is 0.329. The zero-order valence-electron chi connectivity index (χ0n) is 13.2. The van der Waals surface area contributed by atoms with E-state index >= 15 is 0 Å². The number of nitrogens with one attached hydrogen (secondary N) is 1. The molecule has 0 bridgehead atoms. The molecule has 1 aliphatic carbocycles. The van der Waals surface area contributed by atoms with Gasteiger partial charge in [-0.15, -0.1) is 0 Å². The van der Waals surface area contributed by atoms with Crippen molar-refractivity contribution in [3.05, 3.63) is 35.4 Å². The van der Waals surface area contributed by atoms with Crippen LogP contribution in [-0.4, -0.2) is 30.1 Å². The molecule has 2 heteroatoms. The second-order valence-corrected chi connectivity index (χ2v) is 7.03. The van der Waals surface area contributed by atoms with E-state index in [9.17, 15) is 0 Å². The van der Waals surface area contributed by atoms with Crippen molar-refractivity contribution in [2.24, 2.45) is 5.92 Å². The number of nitrogens with zero attached hydrogens (tertiary/aromatic N) is 1. The molecule has 1 aliphatic heterocycles. The van der Waals surface area contributed by atoms with Crippen LogP contribution in [0.25, 0.3) is 0 Å². The highest BCUT2D eigenvalue weighted by molar-refractivity contribution is 5.24. The first-order chi connectivity index (χ1) is 9.58. The average molecular weight is 272 g/mol. The molecule has 1 N–H and O–H groups in total. The summed E-state index contributed by atoms with van der Waals surface area (Å²) in [7, 11) is 0. The minimum Gasteiger partial charge on any atom is -0.310 e. The maximum absolute atomic E-state index is 3.82. The van der Waals surface area contributed by atoms with Crippen LogP contribution in [-0.2, 0) is 0 Å². The molecule has 2 fully saturated rings. The van der Waals surface area contributed by atoms with Gasteiger partial charge < -0.3 is 5.32 Å². The Morgan fingerprint density at radius 2 is 1.95 bits per heavy atom. The van der Waals surface area contributed by atoms with Gasteiger partial charge in [-0.05, 0) is 58.1 Å². The number of hydrogen-bond donors (Lipinski definition) is 1. The third-order valence-corrected chi connectivity index (χ3v) is 5.27. The van der Waals surface area contributed by atoms with Gasteiger partial charge in [-0.25, -0.2) is 0 Å². The van der Waals surface area contributed by atoms with E-state index in [-0.39, 0.29) is 0 Å². The normalized spacial score (nSPS) is 29.9. The predicted octanol–water partition coefficient (Wildman–Crippen LogP) is 3.52. The van der Waals surface area contributed by atoms with Crippen LogP contribution in [0.2, 0.25) is 0 Å². The molecule has 110 valence electrons. The van der Waals surface area contributed by atoms with Crippen LogP contribution in [0.5, 0.6) is 0 Å². The first-order valence-corrected chi connectivity index (χ1v) is 8.14. The summed E-state index contributed by atoms with van der Waals surface area (Å²) in [5.41, 5.74) is 3.13. The predicted molar refractivity (Wildman–Crippen MR) is 84.9 cm³/mol. The monoisotopic (exact) mass is 272 g/mol. The molecule has 20 heavy (non-hydrogen) atoms. The maximum Gasteiger partial charge on any atom is 0.0320 e. The first kappa shape index (κ1) is 14.1. The van der Waals surface area contributed by atoms with Crippen molar-refractivity contribution < 1.29 is 0 Å². The van der Waals surface area contributed by atoms with Crippen LogP contribution < -0.4 is 5.32 Å². The summed E-state index contributed by atoms with van der Waals surface area (Å²) in [5.74, 6) is 0.897. The molecule has 2 atom stereocenters. The summed E-state index contributed by atoms with van der Waals surface area (Å²) in [4.78, 5) is 2.68. The molecule has 0 radical (unpaired) electrons. The van der Waals surface area contributed by atoms with E-state index < -0.39 is 0 Å². The van der Waals surface area contributed by atoms with Gasteiger partial charge in [0.25, 0.3) is 0 Å². The molecule has 2 aliphatic rings. The van der Waals surface area contributed by atoms with Crippen molar-refractivity contribution in [1.29, 1.82) is 0 Å². The van der Waals surface area contributed by atoms with Crippen molar-refractivity contribution in [3.8, 4) is 0 Å². The van der Waals surface area contributed by atoms with Gasteiger partial charge in [-0.2, -0.15) is 0 Å². The highest BCUT2D eigenvalue weighted by Crippen LogP contribution is 2.41. The zero-order chi connectivity index (χ0) is 14.2. The quantitative estimate of drug-likeness (QED) is 0.905. The van der Waals surface area contributed by atoms with E-state index in [0.717, 1.165) is 5.92 Å². The lowest BCUT2D eigenvalue weighted by Gasteiger charge is -2.37. The maximum atomic E-state index is 3.82. The molecular formula is C18H28N2. The van der Waals surface area contributed by atoms with Gasteiger partial charge in [0.1, 0.15) is 0 Å². The van der Waals surface area contributed by atoms with Crippen molar-refractivity contribution >= 4 is 0 Å². The Labute approximate surface area is 123 Å². The van der Waals surface area contributed by atoms with E-state index in [0.29, 0.717) is 11.6 Å². The lowest BCUT2D eigenvalue weighted by molar-refractivity contribution is 0.159. The highest BCUT2D eigenvalue weighted by atomic mass is 15.2. The molecule has 2 unspecified atom stereocenters. The van der Waals surface area contributed by atoms with Crippen LogP contribution in [0.15, 0.2) is 24.3 Å². The average Bonchev–Trinajstić information content (AvgIpc) is 3.26. The molecule has 3 rings (SSSR count). The van der Waals surface area contributed by atoms with Gasteiger partial charge >= 0.3 is 0 Å². The number of benzene rings is 1. The standard InChI is InChI=1S/C18H28N2/c1-14-5-7-16(8-6-14)15(2)20-12-4-11-19-18(3,13-20)17-9-10-17/h5-8,15,17,19H,4,9-13H2,1-3H3. The Kier molecular flexibility index (Phi) is 3.87. The van der Waals surface area contributed by atoms with Crippen LogP contribution in [0.1, 0.15) is 50.3 Å². The van der Waals surface area contributed by atoms with Gasteiger partial charge in [-0.1, -0.05) is 29.8 Å². The number of aryl methyl sites for hydroxylation is 1. The molecule has 2 nitrogen and oxygen atoms in total. The van der Waals surface area contributed by atoms with Crippen molar-refractivity contribution in [1.82, 2.24) is 10.2 Å². The summed E-state index contributed by atoms with van der Waals surface area (Å²) in [5, 5.41) is 3.82. The van der Waals surface area contributed by atoms with Crippen molar-refractivity contribution in [2.75, 3.05) is 19.6 Å². The van der Waals surface area contributed by atoms with Crippen molar-refractivity contribution in [2.45, 2.75) is 51.6 Å². The number of hydrogen-bond acceptors (Lipinski definition) is 2. The molecule has 0 spiro atoms. The third kappa shape index (κ3) is 2.91. The fourth-order valence-electron chi connectivity index (χ4n) is 3.59. The van der Waals surface area contributed by atoms with E-state index in [2.05, 4.69) is 55.3 Å². The molecule has 0 amide bonds. The summed E-state index contributed by atoms with van der Waals surface area (Å²) < 4.78 is 0. The van der Waals surface area contributed by atoms with E-state index in [1.165, 1.54) is 50.0 Å². The Morgan fingerprint density at radius 1 is 1.25 bits per heavy atom. The lowest BCUT2D eigenvalue weighted by atomic mass is 9.94. The van der Waals surface area contributed by atoms with Gasteiger partial charge in [-0.3, -0.25) is 4.90 Å². The SMILES string of the molecule is Cc1ccc(C(C)N2CCCNC(C)(C3CC3)C2)cc1. The molecule has 1 heterocycles. The Morgan fingerprint density at radius 3 is 2.60 bits per heavy atom. The second kappa shape index (κ2) is 5.50. The largest absolute Gasteiger partial charge is 0.310 e. The minimum absolute atomic E-state index is 0.329. The summed E-state index contributed by atoms with van der Waals surface area (Å²) in [6.45, 7) is 10.5. The van der Waals surface area contributed by atoms with E-state index in [4.69, 9.17) is 0 Å². The first-order valence-electron chi connectivity index (χ1n) is 8.14. The van der Waals surface area contributed by atoms with Crippen molar-refractivity contribution in [3.63, 3.8) is 0 Å². The Balaban J connectivity index is 1.75. The second-order valence-electron chi connectivity index (χ2n) is 7.03. The fourth-order valence-corrected chi connectivity index (χ4v) is 3.59. The summed E-state index contributed by atoms with van der Waals surface area (Å²) in [6, 6.07) is 9.59. The summed E-state index contributed by atoms with van der Waals surface area (Å²) in [6.07, 6.45) is 4.09. The Bertz CT molecular complexity index is 449. The van der Waals surface area contributed by atoms with Gasteiger partial charge in [0.2, 0.25) is 0 Å². The molecule has 1 aromatic carbocycles. The summed E-state index contributed by atoms with van der Waals surface area (Å²) >= 11 is 0. The molecule has 1 saturated heterocycles. The fraction of sp³-hybridized carbons (Fsp3) is 0.667.